The molecule has 5 heteroatoms. The summed E-state index contributed by atoms with van der Waals surface area (Å²) in [6.07, 6.45) is 0.171. The zero-order valence-corrected chi connectivity index (χ0v) is 8.01. The molecule has 0 heterocycles. The minimum Gasteiger partial charge on any atom is -0.505 e. The zero-order chi connectivity index (χ0) is 10.6. The summed E-state index contributed by atoms with van der Waals surface area (Å²) in [5, 5.41) is 11.3. The van der Waals surface area contributed by atoms with Gasteiger partial charge in [-0.25, -0.2) is 4.39 Å². The first kappa shape index (κ1) is 10.8. The SMILES string of the molecule is O=C(CCCl)Nc1ccc(O)c(F)c1. The summed E-state index contributed by atoms with van der Waals surface area (Å²) in [5.41, 5.74) is 0.301. The Morgan fingerprint density at radius 3 is 2.86 bits per heavy atom. The van der Waals surface area contributed by atoms with Crippen LogP contribution in [-0.2, 0) is 4.79 Å². The molecule has 76 valence electrons. The molecular weight excluding hydrogens is 209 g/mol. The molecule has 0 spiro atoms. The van der Waals surface area contributed by atoms with Crippen LogP contribution in [0.1, 0.15) is 6.42 Å². The Bertz CT molecular complexity index is 344. The van der Waals surface area contributed by atoms with E-state index in [4.69, 9.17) is 16.7 Å². The van der Waals surface area contributed by atoms with E-state index in [9.17, 15) is 9.18 Å². The Morgan fingerprint density at radius 1 is 1.57 bits per heavy atom. The predicted molar refractivity (Wildman–Crippen MR) is 52.0 cm³/mol. The molecule has 1 rings (SSSR count). The van der Waals surface area contributed by atoms with Gasteiger partial charge in [-0.3, -0.25) is 4.79 Å². The molecule has 14 heavy (non-hydrogen) atoms. The van der Waals surface area contributed by atoms with Crippen LogP contribution in [0.3, 0.4) is 0 Å². The molecule has 0 fully saturated rings. The monoisotopic (exact) mass is 217 g/mol. The number of hydrogen-bond donors (Lipinski definition) is 2. The van der Waals surface area contributed by atoms with Crippen LogP contribution < -0.4 is 5.32 Å². The number of aromatic hydroxyl groups is 1. The standard InChI is InChI=1S/C9H9ClFNO2/c10-4-3-9(14)12-6-1-2-8(13)7(11)5-6/h1-2,5,13H,3-4H2,(H,12,14). The van der Waals surface area contributed by atoms with Gasteiger partial charge in [-0.1, -0.05) is 0 Å². The second-order valence-corrected chi connectivity index (χ2v) is 3.03. The molecule has 1 amide bonds. The van der Waals surface area contributed by atoms with Gasteiger partial charge in [0.2, 0.25) is 5.91 Å². The third-order valence-corrected chi connectivity index (χ3v) is 1.74. The van der Waals surface area contributed by atoms with Gasteiger partial charge in [0.15, 0.2) is 11.6 Å². The molecular formula is C9H9ClFNO2. The lowest BCUT2D eigenvalue weighted by Crippen LogP contribution is -2.11. The van der Waals surface area contributed by atoms with Crippen LogP contribution >= 0.6 is 11.6 Å². The molecule has 0 radical (unpaired) electrons. The molecule has 1 aromatic rings. The molecule has 0 saturated heterocycles. The molecule has 0 aliphatic rings. The summed E-state index contributed by atoms with van der Waals surface area (Å²) >= 11 is 5.34. The van der Waals surface area contributed by atoms with Gasteiger partial charge in [-0.05, 0) is 12.1 Å². The number of amides is 1. The number of carbonyl (C=O) groups is 1. The highest BCUT2D eigenvalue weighted by Crippen LogP contribution is 2.19. The van der Waals surface area contributed by atoms with Crippen LogP contribution in [0.15, 0.2) is 18.2 Å². The minimum absolute atomic E-state index is 0.171. The summed E-state index contributed by atoms with van der Waals surface area (Å²) in [4.78, 5) is 11.0. The Kier molecular flexibility index (Phi) is 3.71. The van der Waals surface area contributed by atoms with E-state index in [1.165, 1.54) is 12.1 Å². The summed E-state index contributed by atoms with van der Waals surface area (Å²) in [6.45, 7) is 0. The summed E-state index contributed by atoms with van der Waals surface area (Å²) in [5.74, 6) is -1.29. The second-order valence-electron chi connectivity index (χ2n) is 2.65. The summed E-state index contributed by atoms with van der Waals surface area (Å²) < 4.78 is 12.8. The number of phenols is 1. The lowest BCUT2D eigenvalue weighted by Gasteiger charge is -2.04. The molecule has 3 nitrogen and oxygen atoms in total. The first-order chi connectivity index (χ1) is 6.63. The fourth-order valence-electron chi connectivity index (χ4n) is 0.894. The normalized spacial score (nSPS) is 9.86. The lowest BCUT2D eigenvalue weighted by molar-refractivity contribution is -0.115. The van der Waals surface area contributed by atoms with Crippen molar-refractivity contribution in [1.82, 2.24) is 0 Å². The number of nitrogens with one attached hydrogen (secondary N) is 1. The number of alkyl halides is 1. The van der Waals surface area contributed by atoms with Gasteiger partial charge in [0.1, 0.15) is 0 Å². The largest absolute Gasteiger partial charge is 0.505 e. The fourth-order valence-corrected chi connectivity index (χ4v) is 1.07. The average molecular weight is 218 g/mol. The number of rotatable bonds is 3. The highest BCUT2D eigenvalue weighted by atomic mass is 35.5. The maximum absolute atomic E-state index is 12.8. The van der Waals surface area contributed by atoms with Crippen LogP contribution in [0.5, 0.6) is 5.75 Å². The van der Waals surface area contributed by atoms with Crippen molar-refractivity contribution >= 4 is 23.2 Å². The van der Waals surface area contributed by atoms with Crippen molar-refractivity contribution in [3.63, 3.8) is 0 Å². The number of benzene rings is 1. The molecule has 0 saturated carbocycles. The first-order valence-electron chi connectivity index (χ1n) is 3.98. The minimum atomic E-state index is -0.770. The summed E-state index contributed by atoms with van der Waals surface area (Å²) in [6, 6.07) is 3.62. The Labute approximate surface area is 85.5 Å². The number of anilines is 1. The Morgan fingerprint density at radius 2 is 2.29 bits per heavy atom. The van der Waals surface area contributed by atoms with Crippen LogP contribution in [0.25, 0.3) is 0 Å². The maximum atomic E-state index is 12.8. The van der Waals surface area contributed by atoms with E-state index in [-0.39, 0.29) is 18.2 Å². The topological polar surface area (TPSA) is 49.3 Å². The quantitative estimate of drug-likeness (QED) is 0.602. The van der Waals surface area contributed by atoms with Crippen LogP contribution in [0, 0.1) is 5.82 Å². The molecule has 0 aliphatic heterocycles. The molecule has 1 aromatic carbocycles. The van der Waals surface area contributed by atoms with E-state index < -0.39 is 11.6 Å². The molecule has 0 atom stereocenters. The highest BCUT2D eigenvalue weighted by molar-refractivity contribution is 6.19. The maximum Gasteiger partial charge on any atom is 0.225 e. The molecule has 0 bridgehead atoms. The number of halogens is 2. The van der Waals surface area contributed by atoms with E-state index in [1.54, 1.807) is 0 Å². The van der Waals surface area contributed by atoms with Crippen molar-refractivity contribution in [2.75, 3.05) is 11.2 Å². The molecule has 2 N–H and O–H groups in total. The Balaban J connectivity index is 2.68. The van der Waals surface area contributed by atoms with Gasteiger partial charge in [-0.2, -0.15) is 0 Å². The van der Waals surface area contributed by atoms with Crippen molar-refractivity contribution < 1.29 is 14.3 Å². The Hall–Kier alpha value is -1.29. The highest BCUT2D eigenvalue weighted by Gasteiger charge is 2.04. The summed E-state index contributed by atoms with van der Waals surface area (Å²) in [7, 11) is 0. The van der Waals surface area contributed by atoms with E-state index in [2.05, 4.69) is 5.32 Å². The third kappa shape index (κ3) is 2.88. The van der Waals surface area contributed by atoms with Gasteiger partial charge in [0.25, 0.3) is 0 Å². The zero-order valence-electron chi connectivity index (χ0n) is 7.26. The molecule has 0 unspecified atom stereocenters. The van der Waals surface area contributed by atoms with Crippen molar-refractivity contribution in [2.45, 2.75) is 6.42 Å². The first-order valence-corrected chi connectivity index (χ1v) is 4.51. The third-order valence-electron chi connectivity index (χ3n) is 1.55. The average Bonchev–Trinajstić information content (AvgIpc) is 2.12. The van der Waals surface area contributed by atoms with E-state index in [0.29, 0.717) is 5.69 Å². The fraction of sp³-hybridized carbons (Fsp3) is 0.222. The predicted octanol–water partition coefficient (Wildman–Crippen LogP) is 2.10. The van der Waals surface area contributed by atoms with Crippen molar-refractivity contribution in [3.05, 3.63) is 24.0 Å². The van der Waals surface area contributed by atoms with Crippen LogP contribution in [0.4, 0.5) is 10.1 Å². The van der Waals surface area contributed by atoms with E-state index >= 15 is 0 Å². The van der Waals surface area contributed by atoms with Gasteiger partial charge in [0.05, 0.1) is 0 Å². The number of carbonyl (C=O) groups excluding carboxylic acids is 1. The van der Waals surface area contributed by atoms with Gasteiger partial charge < -0.3 is 10.4 Å². The molecule has 0 aliphatic carbocycles. The van der Waals surface area contributed by atoms with E-state index in [0.717, 1.165) is 6.07 Å². The van der Waals surface area contributed by atoms with Gasteiger partial charge in [-0.15, -0.1) is 11.6 Å². The van der Waals surface area contributed by atoms with Crippen molar-refractivity contribution in [3.8, 4) is 5.75 Å². The smallest absolute Gasteiger partial charge is 0.225 e. The van der Waals surface area contributed by atoms with Crippen molar-refractivity contribution in [1.29, 1.82) is 0 Å². The molecule has 0 aromatic heterocycles. The lowest BCUT2D eigenvalue weighted by atomic mass is 10.3. The second kappa shape index (κ2) is 4.81. The van der Waals surface area contributed by atoms with Gasteiger partial charge >= 0.3 is 0 Å². The van der Waals surface area contributed by atoms with E-state index in [1.807, 2.05) is 0 Å². The number of hydrogen-bond acceptors (Lipinski definition) is 2. The van der Waals surface area contributed by atoms with Crippen LogP contribution in [0.2, 0.25) is 0 Å². The number of phenolic OH excluding ortho intramolecular Hbond substituents is 1. The van der Waals surface area contributed by atoms with Crippen LogP contribution in [-0.4, -0.2) is 16.9 Å². The van der Waals surface area contributed by atoms with Crippen molar-refractivity contribution in [2.24, 2.45) is 0 Å². The van der Waals surface area contributed by atoms with Gasteiger partial charge in [0, 0.05) is 24.1 Å².